The smallest absolute Gasteiger partial charge is 0.280 e. The quantitative estimate of drug-likeness (QED) is 0.646. The molecule has 0 unspecified atom stereocenters. The Kier molecular flexibility index (Phi) is 6.11. The lowest BCUT2D eigenvalue weighted by atomic mass is 10.1. The molecule has 6 heteroatoms. The van der Waals surface area contributed by atoms with Crippen molar-refractivity contribution in [3.63, 3.8) is 0 Å². The Hall–Kier alpha value is -2.89. The van der Waals surface area contributed by atoms with E-state index in [9.17, 15) is 9.18 Å². The van der Waals surface area contributed by atoms with Gasteiger partial charge in [-0.2, -0.15) is 5.10 Å². The van der Waals surface area contributed by atoms with Gasteiger partial charge < -0.3 is 9.47 Å². The third kappa shape index (κ3) is 4.79. The fourth-order valence-electron chi connectivity index (χ4n) is 2.12. The van der Waals surface area contributed by atoms with Crippen LogP contribution in [0.4, 0.5) is 4.39 Å². The summed E-state index contributed by atoms with van der Waals surface area (Å²) in [7, 11) is 1.39. The van der Waals surface area contributed by atoms with Crippen LogP contribution >= 0.6 is 0 Å². The van der Waals surface area contributed by atoms with Crippen molar-refractivity contribution in [1.29, 1.82) is 0 Å². The summed E-state index contributed by atoms with van der Waals surface area (Å²) in [5, 5.41) is 3.83. The first kappa shape index (κ1) is 18.4. The molecule has 0 bridgehead atoms. The fourth-order valence-corrected chi connectivity index (χ4v) is 2.12. The Morgan fingerprint density at radius 1 is 1.24 bits per heavy atom. The Morgan fingerprint density at radius 2 is 2.00 bits per heavy atom. The standard InChI is InChI=1S/C19H21FN2O3/c1-12-6-5-7-17(13(12)2)25-14(3)19(23)22-21-11-15-8-9-18(24-4)16(20)10-15/h5-11,14H,1-4H3,(H,22,23)/b21-11-/t14-/m0/s1. The predicted molar refractivity (Wildman–Crippen MR) is 94.7 cm³/mol. The zero-order valence-corrected chi connectivity index (χ0v) is 14.7. The Bertz CT molecular complexity index is 790. The van der Waals surface area contributed by atoms with Crippen LogP contribution in [0.2, 0.25) is 0 Å². The molecule has 0 aromatic heterocycles. The number of amides is 1. The summed E-state index contributed by atoms with van der Waals surface area (Å²) in [4.78, 5) is 12.1. The van der Waals surface area contributed by atoms with Crippen LogP contribution in [-0.4, -0.2) is 25.3 Å². The van der Waals surface area contributed by atoms with Crippen LogP contribution in [0.5, 0.6) is 11.5 Å². The molecule has 1 N–H and O–H groups in total. The molecule has 1 amide bonds. The van der Waals surface area contributed by atoms with Crippen molar-refractivity contribution < 1.29 is 18.7 Å². The summed E-state index contributed by atoms with van der Waals surface area (Å²) >= 11 is 0. The van der Waals surface area contributed by atoms with E-state index in [2.05, 4.69) is 10.5 Å². The fraction of sp³-hybridized carbons (Fsp3) is 0.263. The van der Waals surface area contributed by atoms with Gasteiger partial charge in [-0.05, 0) is 61.7 Å². The van der Waals surface area contributed by atoms with Crippen molar-refractivity contribution in [3.05, 3.63) is 58.9 Å². The Morgan fingerprint density at radius 3 is 2.68 bits per heavy atom. The molecular weight excluding hydrogens is 323 g/mol. The molecule has 0 spiro atoms. The van der Waals surface area contributed by atoms with Gasteiger partial charge in [0.15, 0.2) is 17.7 Å². The number of nitrogens with zero attached hydrogens (tertiary/aromatic N) is 1. The summed E-state index contributed by atoms with van der Waals surface area (Å²) < 4.78 is 24.1. The first-order valence-corrected chi connectivity index (χ1v) is 7.81. The zero-order valence-electron chi connectivity index (χ0n) is 14.7. The van der Waals surface area contributed by atoms with Gasteiger partial charge in [-0.3, -0.25) is 4.79 Å². The molecule has 0 aliphatic rings. The third-order valence-corrected chi connectivity index (χ3v) is 3.79. The molecule has 0 saturated heterocycles. The monoisotopic (exact) mass is 344 g/mol. The number of ether oxygens (including phenoxy) is 2. The van der Waals surface area contributed by atoms with Crippen molar-refractivity contribution in [2.24, 2.45) is 5.10 Å². The average molecular weight is 344 g/mol. The summed E-state index contributed by atoms with van der Waals surface area (Å²) in [6.45, 7) is 5.55. The van der Waals surface area contributed by atoms with Crippen LogP contribution < -0.4 is 14.9 Å². The van der Waals surface area contributed by atoms with Gasteiger partial charge in [-0.15, -0.1) is 0 Å². The topological polar surface area (TPSA) is 59.9 Å². The van der Waals surface area contributed by atoms with Crippen LogP contribution in [0.1, 0.15) is 23.6 Å². The normalized spacial score (nSPS) is 12.0. The average Bonchev–Trinajstić information content (AvgIpc) is 2.59. The molecule has 2 rings (SSSR count). The van der Waals surface area contributed by atoms with Gasteiger partial charge in [0.1, 0.15) is 5.75 Å². The van der Waals surface area contributed by atoms with E-state index in [-0.39, 0.29) is 5.75 Å². The van der Waals surface area contributed by atoms with Crippen LogP contribution in [-0.2, 0) is 4.79 Å². The number of nitrogens with one attached hydrogen (secondary N) is 1. The number of methoxy groups -OCH3 is 1. The molecule has 0 fully saturated rings. The first-order chi connectivity index (χ1) is 11.9. The van der Waals surface area contributed by atoms with Gasteiger partial charge in [-0.1, -0.05) is 12.1 Å². The minimum Gasteiger partial charge on any atom is -0.494 e. The molecule has 132 valence electrons. The second-order valence-electron chi connectivity index (χ2n) is 5.59. The molecule has 0 aliphatic heterocycles. The number of hydrogen-bond acceptors (Lipinski definition) is 4. The lowest BCUT2D eigenvalue weighted by molar-refractivity contribution is -0.127. The molecular formula is C19H21FN2O3. The highest BCUT2D eigenvalue weighted by atomic mass is 19.1. The van der Waals surface area contributed by atoms with Crippen LogP contribution in [0.25, 0.3) is 0 Å². The Balaban J connectivity index is 1.95. The number of carbonyl (C=O) groups excluding carboxylic acids is 1. The highest BCUT2D eigenvalue weighted by Gasteiger charge is 2.15. The first-order valence-electron chi connectivity index (χ1n) is 7.81. The summed E-state index contributed by atoms with van der Waals surface area (Å²) in [6, 6.07) is 10.1. The lowest BCUT2D eigenvalue weighted by Gasteiger charge is -2.15. The summed E-state index contributed by atoms with van der Waals surface area (Å²) in [5.41, 5.74) is 4.96. The van der Waals surface area contributed by atoms with Gasteiger partial charge >= 0.3 is 0 Å². The molecule has 25 heavy (non-hydrogen) atoms. The molecule has 0 aliphatic carbocycles. The number of carbonyl (C=O) groups is 1. The highest BCUT2D eigenvalue weighted by Crippen LogP contribution is 2.21. The summed E-state index contributed by atoms with van der Waals surface area (Å²) in [5.74, 6) is -0.0869. The van der Waals surface area contributed by atoms with Gasteiger partial charge in [-0.25, -0.2) is 9.82 Å². The Labute approximate surface area is 146 Å². The van der Waals surface area contributed by atoms with Gasteiger partial charge in [0.25, 0.3) is 5.91 Å². The predicted octanol–water partition coefficient (Wildman–Crippen LogP) is 3.37. The third-order valence-electron chi connectivity index (χ3n) is 3.79. The van der Waals surface area contributed by atoms with Crippen molar-refractivity contribution >= 4 is 12.1 Å². The van der Waals surface area contributed by atoms with Gasteiger partial charge in [0, 0.05) is 0 Å². The number of benzene rings is 2. The van der Waals surface area contributed by atoms with E-state index in [1.54, 1.807) is 13.0 Å². The molecule has 0 radical (unpaired) electrons. The van der Waals surface area contributed by atoms with Crippen LogP contribution in [0, 0.1) is 19.7 Å². The molecule has 2 aromatic carbocycles. The van der Waals surface area contributed by atoms with Crippen molar-refractivity contribution in [2.45, 2.75) is 26.9 Å². The number of halogens is 1. The van der Waals surface area contributed by atoms with Gasteiger partial charge in [0.05, 0.1) is 13.3 Å². The van der Waals surface area contributed by atoms with Crippen molar-refractivity contribution in [1.82, 2.24) is 5.43 Å². The number of rotatable bonds is 6. The summed E-state index contributed by atoms with van der Waals surface area (Å²) in [6.07, 6.45) is 0.635. The van der Waals surface area contributed by atoms with Crippen molar-refractivity contribution in [2.75, 3.05) is 7.11 Å². The maximum Gasteiger partial charge on any atom is 0.280 e. The van der Waals surface area contributed by atoms with E-state index in [1.807, 2.05) is 32.0 Å². The second-order valence-corrected chi connectivity index (χ2v) is 5.59. The molecule has 0 saturated carbocycles. The highest BCUT2D eigenvalue weighted by molar-refractivity contribution is 5.84. The molecule has 2 aromatic rings. The van der Waals surface area contributed by atoms with E-state index < -0.39 is 17.8 Å². The SMILES string of the molecule is COc1ccc(/C=N\NC(=O)[C@H](C)Oc2cccc(C)c2C)cc1F. The van der Waals surface area contributed by atoms with E-state index in [0.717, 1.165) is 11.1 Å². The largest absolute Gasteiger partial charge is 0.494 e. The van der Waals surface area contributed by atoms with Crippen LogP contribution in [0.3, 0.4) is 0 Å². The lowest BCUT2D eigenvalue weighted by Crippen LogP contribution is -2.33. The minimum atomic E-state index is -0.717. The van der Waals surface area contributed by atoms with E-state index >= 15 is 0 Å². The maximum absolute atomic E-state index is 13.6. The van der Waals surface area contributed by atoms with Gasteiger partial charge in [0.2, 0.25) is 0 Å². The number of aryl methyl sites for hydroxylation is 1. The minimum absolute atomic E-state index is 0.150. The molecule has 1 atom stereocenters. The number of hydrogen-bond donors (Lipinski definition) is 1. The number of hydrazone groups is 1. The zero-order chi connectivity index (χ0) is 18.4. The van der Waals surface area contributed by atoms with E-state index in [0.29, 0.717) is 11.3 Å². The molecule has 5 nitrogen and oxygen atoms in total. The van der Waals surface area contributed by atoms with Crippen LogP contribution in [0.15, 0.2) is 41.5 Å². The second kappa shape index (κ2) is 8.28. The van der Waals surface area contributed by atoms with Crippen molar-refractivity contribution in [3.8, 4) is 11.5 Å². The van der Waals surface area contributed by atoms with E-state index in [4.69, 9.17) is 9.47 Å². The molecule has 0 heterocycles. The maximum atomic E-state index is 13.6. The van der Waals surface area contributed by atoms with E-state index in [1.165, 1.54) is 25.5 Å².